The van der Waals surface area contributed by atoms with Crippen molar-refractivity contribution in [1.82, 2.24) is 19.5 Å². The van der Waals surface area contributed by atoms with Crippen molar-refractivity contribution >= 4 is 17.5 Å². The Morgan fingerprint density at radius 2 is 1.88 bits per heavy atom. The molecule has 1 amide bonds. The predicted octanol–water partition coefficient (Wildman–Crippen LogP) is 2.35. The summed E-state index contributed by atoms with van der Waals surface area (Å²) in [6, 6.07) is 11.4. The van der Waals surface area contributed by atoms with E-state index in [0.29, 0.717) is 18.2 Å². The largest absolute Gasteiger partial charge is 0.350 e. The van der Waals surface area contributed by atoms with E-state index in [2.05, 4.69) is 25.6 Å². The number of benzene rings is 1. The molecule has 0 radical (unpaired) electrons. The number of amides is 1. The summed E-state index contributed by atoms with van der Waals surface area (Å²) in [6.45, 7) is 0.658. The van der Waals surface area contributed by atoms with Crippen molar-refractivity contribution in [1.29, 1.82) is 0 Å². The van der Waals surface area contributed by atoms with Crippen LogP contribution in [0.3, 0.4) is 0 Å². The number of nitrogens with zero attached hydrogens (tertiary/aromatic N) is 4. The zero-order chi connectivity index (χ0) is 17.1. The lowest BCUT2D eigenvalue weighted by atomic mass is 10.1. The monoisotopic (exact) mass is 334 g/mol. The second-order valence-corrected chi connectivity index (χ2v) is 5.94. The molecule has 25 heavy (non-hydrogen) atoms. The molecular formula is C18H18N6O. The number of nitrogens with one attached hydrogen (secondary N) is 2. The molecule has 126 valence electrons. The molecule has 0 bridgehead atoms. The van der Waals surface area contributed by atoms with E-state index >= 15 is 0 Å². The molecule has 0 fully saturated rings. The van der Waals surface area contributed by atoms with Crippen LogP contribution in [0.5, 0.6) is 0 Å². The molecule has 7 nitrogen and oxygen atoms in total. The van der Waals surface area contributed by atoms with Crippen LogP contribution in [0.25, 0.3) is 0 Å². The van der Waals surface area contributed by atoms with Crippen LogP contribution < -0.4 is 10.6 Å². The number of fused-ring (bicyclic) bond motifs is 1. The molecule has 0 unspecified atom stereocenters. The molecule has 3 heterocycles. The van der Waals surface area contributed by atoms with Gasteiger partial charge >= 0.3 is 0 Å². The van der Waals surface area contributed by atoms with Gasteiger partial charge in [-0.05, 0) is 24.6 Å². The topological polar surface area (TPSA) is 84.7 Å². The molecule has 0 saturated carbocycles. The summed E-state index contributed by atoms with van der Waals surface area (Å²) in [6.07, 6.45) is 6.80. The van der Waals surface area contributed by atoms with Crippen LogP contribution >= 0.6 is 0 Å². The third-order valence-corrected chi connectivity index (χ3v) is 4.22. The fraction of sp³-hybridized carbons (Fsp3) is 0.222. The molecule has 0 saturated heterocycles. The van der Waals surface area contributed by atoms with Gasteiger partial charge in [0.1, 0.15) is 11.5 Å². The van der Waals surface area contributed by atoms with E-state index in [9.17, 15) is 4.79 Å². The fourth-order valence-corrected chi connectivity index (χ4v) is 3.00. The number of aromatic nitrogens is 4. The summed E-state index contributed by atoms with van der Waals surface area (Å²) in [5.41, 5.74) is 1.34. The Bertz CT molecular complexity index is 862. The van der Waals surface area contributed by atoms with Gasteiger partial charge in [-0.25, -0.2) is 15.0 Å². The molecule has 1 aliphatic rings. The standard InChI is InChI=1S/C18H18N6O/c25-17(22-13-5-2-1-3-6-13)15-11-21-16-8-7-14(12-24(15)16)23-18-19-9-4-10-20-18/h1-6,9-11,14H,7-8,12H2,(H,22,25)(H,19,20,23)/t14-/m1/s1. The summed E-state index contributed by atoms with van der Waals surface area (Å²) in [5, 5.41) is 6.24. The van der Waals surface area contributed by atoms with E-state index in [1.165, 1.54) is 0 Å². The van der Waals surface area contributed by atoms with Gasteiger partial charge in [-0.15, -0.1) is 0 Å². The zero-order valence-corrected chi connectivity index (χ0v) is 13.6. The van der Waals surface area contributed by atoms with E-state index in [-0.39, 0.29) is 11.9 Å². The normalized spacial score (nSPS) is 16.1. The first-order valence-electron chi connectivity index (χ1n) is 8.24. The quantitative estimate of drug-likeness (QED) is 0.765. The van der Waals surface area contributed by atoms with E-state index in [1.54, 1.807) is 24.7 Å². The predicted molar refractivity (Wildman–Crippen MR) is 94.4 cm³/mol. The van der Waals surface area contributed by atoms with Gasteiger partial charge in [0.15, 0.2) is 0 Å². The molecule has 2 aromatic heterocycles. The Labute approximate surface area is 145 Å². The zero-order valence-electron chi connectivity index (χ0n) is 13.6. The minimum absolute atomic E-state index is 0.151. The van der Waals surface area contributed by atoms with E-state index < -0.39 is 0 Å². The molecule has 1 atom stereocenters. The maximum absolute atomic E-state index is 12.6. The van der Waals surface area contributed by atoms with Crippen molar-refractivity contribution in [3.8, 4) is 0 Å². The second-order valence-electron chi connectivity index (χ2n) is 5.94. The highest BCUT2D eigenvalue weighted by atomic mass is 16.2. The van der Waals surface area contributed by atoms with Crippen molar-refractivity contribution in [3.63, 3.8) is 0 Å². The van der Waals surface area contributed by atoms with E-state index in [1.807, 2.05) is 34.9 Å². The van der Waals surface area contributed by atoms with Crippen LogP contribution in [0.2, 0.25) is 0 Å². The Morgan fingerprint density at radius 3 is 2.68 bits per heavy atom. The van der Waals surface area contributed by atoms with Gasteiger partial charge in [-0.1, -0.05) is 18.2 Å². The average Bonchev–Trinajstić information content (AvgIpc) is 3.07. The van der Waals surface area contributed by atoms with Gasteiger partial charge in [0.25, 0.3) is 5.91 Å². The third kappa shape index (κ3) is 3.35. The molecule has 7 heteroatoms. The van der Waals surface area contributed by atoms with Gasteiger partial charge in [0.05, 0.1) is 6.20 Å². The number of rotatable bonds is 4. The Kier molecular flexibility index (Phi) is 4.12. The molecule has 1 aromatic carbocycles. The summed E-state index contributed by atoms with van der Waals surface area (Å²) < 4.78 is 1.97. The van der Waals surface area contributed by atoms with Crippen molar-refractivity contribution in [2.24, 2.45) is 0 Å². The molecule has 0 spiro atoms. The van der Waals surface area contributed by atoms with Crippen LogP contribution in [0.1, 0.15) is 22.7 Å². The van der Waals surface area contributed by atoms with Gasteiger partial charge in [0, 0.05) is 37.1 Å². The number of aryl methyl sites for hydroxylation is 1. The number of carbonyl (C=O) groups is 1. The van der Waals surface area contributed by atoms with Gasteiger partial charge in [-0.3, -0.25) is 4.79 Å². The molecule has 1 aliphatic heterocycles. The highest BCUT2D eigenvalue weighted by Crippen LogP contribution is 2.19. The van der Waals surface area contributed by atoms with Crippen LogP contribution in [-0.2, 0) is 13.0 Å². The number of hydrogen-bond donors (Lipinski definition) is 2. The summed E-state index contributed by atoms with van der Waals surface area (Å²) in [7, 11) is 0. The first-order valence-corrected chi connectivity index (χ1v) is 8.24. The average molecular weight is 334 g/mol. The van der Waals surface area contributed by atoms with Gasteiger partial charge in [0.2, 0.25) is 5.95 Å². The maximum Gasteiger partial charge on any atom is 0.273 e. The Morgan fingerprint density at radius 1 is 1.08 bits per heavy atom. The number of imidazole rings is 1. The lowest BCUT2D eigenvalue weighted by molar-refractivity contribution is 0.101. The lowest BCUT2D eigenvalue weighted by Gasteiger charge is -2.25. The fourth-order valence-electron chi connectivity index (χ4n) is 3.00. The number of para-hydroxylation sites is 1. The van der Waals surface area contributed by atoms with Gasteiger partial charge in [-0.2, -0.15) is 0 Å². The second kappa shape index (κ2) is 6.72. The molecule has 4 rings (SSSR count). The maximum atomic E-state index is 12.6. The van der Waals surface area contributed by atoms with Crippen molar-refractivity contribution in [3.05, 3.63) is 66.5 Å². The SMILES string of the molecule is O=C(Nc1ccccc1)c1cnc2n1C[C@H](Nc1ncccn1)CC2. The van der Waals surface area contributed by atoms with Crippen LogP contribution in [0, 0.1) is 0 Å². The van der Waals surface area contributed by atoms with Gasteiger partial charge < -0.3 is 15.2 Å². The summed E-state index contributed by atoms with van der Waals surface area (Å²) >= 11 is 0. The summed E-state index contributed by atoms with van der Waals surface area (Å²) in [4.78, 5) is 25.4. The molecule has 2 N–H and O–H groups in total. The highest BCUT2D eigenvalue weighted by Gasteiger charge is 2.24. The first kappa shape index (κ1) is 15.3. The molecular weight excluding hydrogens is 316 g/mol. The first-order chi connectivity index (χ1) is 12.3. The smallest absolute Gasteiger partial charge is 0.273 e. The minimum atomic E-state index is -0.151. The lowest BCUT2D eigenvalue weighted by Crippen LogP contribution is -2.34. The number of anilines is 2. The number of hydrogen-bond acceptors (Lipinski definition) is 5. The molecule has 0 aliphatic carbocycles. The molecule has 3 aromatic rings. The number of carbonyl (C=O) groups excluding carboxylic acids is 1. The van der Waals surface area contributed by atoms with Crippen molar-refractivity contribution < 1.29 is 4.79 Å². The van der Waals surface area contributed by atoms with Crippen LogP contribution in [0.15, 0.2) is 55.0 Å². The summed E-state index contributed by atoms with van der Waals surface area (Å²) in [5.74, 6) is 1.39. The van der Waals surface area contributed by atoms with E-state index in [0.717, 1.165) is 24.4 Å². The van der Waals surface area contributed by atoms with Crippen molar-refractivity contribution in [2.45, 2.75) is 25.4 Å². The highest BCUT2D eigenvalue weighted by molar-refractivity contribution is 6.03. The third-order valence-electron chi connectivity index (χ3n) is 4.22. The Balaban J connectivity index is 1.50. The van der Waals surface area contributed by atoms with Crippen LogP contribution in [-0.4, -0.2) is 31.5 Å². The van der Waals surface area contributed by atoms with Crippen molar-refractivity contribution in [2.75, 3.05) is 10.6 Å². The van der Waals surface area contributed by atoms with Crippen LogP contribution in [0.4, 0.5) is 11.6 Å². The minimum Gasteiger partial charge on any atom is -0.350 e. The Hall–Kier alpha value is -3.22. The van der Waals surface area contributed by atoms with E-state index in [4.69, 9.17) is 0 Å².